The van der Waals surface area contributed by atoms with Gasteiger partial charge in [-0.05, 0) is 38.1 Å². The van der Waals surface area contributed by atoms with Crippen molar-refractivity contribution < 1.29 is 9.59 Å². The minimum Gasteiger partial charge on any atom is -0.335 e. The zero-order valence-electron chi connectivity index (χ0n) is 17.7. The van der Waals surface area contributed by atoms with Gasteiger partial charge >= 0.3 is 0 Å². The van der Waals surface area contributed by atoms with Gasteiger partial charge in [0.25, 0.3) is 11.8 Å². The molecule has 0 N–H and O–H groups in total. The number of rotatable bonds is 5. The summed E-state index contributed by atoms with van der Waals surface area (Å²) in [7, 11) is 0. The number of thioether (sulfide) groups is 1. The third kappa shape index (κ3) is 5.17. The van der Waals surface area contributed by atoms with Gasteiger partial charge in [-0.2, -0.15) is 0 Å². The number of carbonyl (C=O) groups excluding carboxylic acids is 2. The van der Waals surface area contributed by atoms with E-state index in [0.29, 0.717) is 31.7 Å². The Balaban J connectivity index is 1.38. The van der Waals surface area contributed by atoms with E-state index in [1.165, 1.54) is 0 Å². The second kappa shape index (κ2) is 9.66. The summed E-state index contributed by atoms with van der Waals surface area (Å²) in [6.45, 7) is 6.19. The molecule has 5 nitrogen and oxygen atoms in total. The van der Waals surface area contributed by atoms with Crippen molar-refractivity contribution in [1.29, 1.82) is 0 Å². The molecule has 2 amide bonds. The van der Waals surface area contributed by atoms with Crippen LogP contribution in [0.2, 0.25) is 0 Å². The quantitative estimate of drug-likeness (QED) is 0.530. The Labute approximate surface area is 191 Å². The van der Waals surface area contributed by atoms with Crippen molar-refractivity contribution in [1.82, 2.24) is 14.8 Å². The number of nitrogens with zero attached hydrogens (tertiary/aromatic N) is 3. The molecule has 0 saturated carbocycles. The van der Waals surface area contributed by atoms with Crippen LogP contribution in [-0.4, -0.2) is 52.8 Å². The van der Waals surface area contributed by atoms with Gasteiger partial charge in [0.2, 0.25) is 0 Å². The SMILES string of the molecule is Cc1ccc(C(=O)N2CCN(C(=O)c3ccccc3SCc3csc(C)n3)CC2)cc1. The van der Waals surface area contributed by atoms with E-state index in [1.807, 2.05) is 72.2 Å². The summed E-state index contributed by atoms with van der Waals surface area (Å²) in [5, 5.41) is 3.12. The monoisotopic (exact) mass is 451 g/mol. The topological polar surface area (TPSA) is 53.5 Å². The van der Waals surface area contributed by atoms with E-state index in [0.717, 1.165) is 32.5 Å². The first-order valence-electron chi connectivity index (χ1n) is 10.3. The highest BCUT2D eigenvalue weighted by Crippen LogP contribution is 2.28. The van der Waals surface area contributed by atoms with Gasteiger partial charge in [-0.1, -0.05) is 29.8 Å². The molecule has 31 heavy (non-hydrogen) atoms. The maximum atomic E-state index is 13.2. The number of aromatic nitrogens is 1. The van der Waals surface area contributed by atoms with Gasteiger partial charge < -0.3 is 9.80 Å². The molecule has 1 saturated heterocycles. The number of thiazole rings is 1. The molecule has 0 bridgehead atoms. The average molecular weight is 452 g/mol. The molecular weight excluding hydrogens is 426 g/mol. The molecule has 2 aromatic carbocycles. The Morgan fingerprint density at radius 3 is 2.23 bits per heavy atom. The second-order valence-electron chi connectivity index (χ2n) is 7.59. The first kappa shape index (κ1) is 21.6. The van der Waals surface area contributed by atoms with Crippen molar-refractivity contribution in [3.63, 3.8) is 0 Å². The minimum atomic E-state index is 0.0278. The summed E-state index contributed by atoms with van der Waals surface area (Å²) in [5.41, 5.74) is 3.59. The van der Waals surface area contributed by atoms with E-state index < -0.39 is 0 Å². The van der Waals surface area contributed by atoms with Crippen molar-refractivity contribution >= 4 is 34.9 Å². The Bertz CT molecular complexity index is 1070. The number of aryl methyl sites for hydroxylation is 2. The van der Waals surface area contributed by atoms with E-state index in [1.54, 1.807) is 23.1 Å². The number of carbonyl (C=O) groups is 2. The third-order valence-electron chi connectivity index (χ3n) is 5.31. The van der Waals surface area contributed by atoms with E-state index in [2.05, 4.69) is 10.4 Å². The predicted octanol–water partition coefficient (Wildman–Crippen LogP) is 4.65. The minimum absolute atomic E-state index is 0.0278. The van der Waals surface area contributed by atoms with E-state index >= 15 is 0 Å². The van der Waals surface area contributed by atoms with Crippen molar-refractivity contribution in [3.05, 3.63) is 81.3 Å². The van der Waals surface area contributed by atoms with Crippen molar-refractivity contribution in [3.8, 4) is 0 Å². The molecule has 0 atom stereocenters. The summed E-state index contributed by atoms with van der Waals surface area (Å²) in [4.78, 5) is 35.1. The Morgan fingerprint density at radius 1 is 0.935 bits per heavy atom. The number of hydrogen-bond acceptors (Lipinski definition) is 5. The Hall–Kier alpha value is -2.64. The van der Waals surface area contributed by atoms with Crippen LogP contribution in [0, 0.1) is 13.8 Å². The van der Waals surface area contributed by atoms with Crippen LogP contribution in [0.25, 0.3) is 0 Å². The molecule has 0 spiro atoms. The first-order chi connectivity index (χ1) is 15.0. The van der Waals surface area contributed by atoms with Gasteiger partial charge in [-0.3, -0.25) is 9.59 Å². The van der Waals surface area contributed by atoms with E-state index in [9.17, 15) is 9.59 Å². The summed E-state index contributed by atoms with van der Waals surface area (Å²) < 4.78 is 0. The van der Waals surface area contributed by atoms with Gasteiger partial charge in [-0.15, -0.1) is 23.1 Å². The van der Waals surface area contributed by atoms with Crippen LogP contribution in [0.4, 0.5) is 0 Å². The lowest BCUT2D eigenvalue weighted by molar-refractivity contribution is 0.0533. The molecule has 3 aromatic rings. The number of piperazine rings is 1. The summed E-state index contributed by atoms with van der Waals surface area (Å²) in [5.74, 6) is 0.801. The maximum absolute atomic E-state index is 13.2. The lowest BCUT2D eigenvalue weighted by Crippen LogP contribution is -2.50. The van der Waals surface area contributed by atoms with Gasteiger partial charge in [0.1, 0.15) is 0 Å². The van der Waals surface area contributed by atoms with Gasteiger partial charge in [0.15, 0.2) is 0 Å². The van der Waals surface area contributed by atoms with Gasteiger partial charge in [-0.25, -0.2) is 4.98 Å². The summed E-state index contributed by atoms with van der Waals surface area (Å²) >= 11 is 3.28. The molecule has 1 aromatic heterocycles. The van der Waals surface area contributed by atoms with Crippen molar-refractivity contribution in [2.45, 2.75) is 24.5 Å². The standard InChI is InChI=1S/C24H25N3O2S2/c1-17-7-9-19(10-8-17)23(28)26-11-13-27(14-12-26)24(29)21-5-3-4-6-22(21)31-16-20-15-30-18(2)25-20/h3-10,15H,11-14,16H2,1-2H3. The number of amides is 2. The normalized spacial score (nSPS) is 14.0. The maximum Gasteiger partial charge on any atom is 0.255 e. The highest BCUT2D eigenvalue weighted by Gasteiger charge is 2.26. The van der Waals surface area contributed by atoms with Crippen molar-refractivity contribution in [2.24, 2.45) is 0 Å². The van der Waals surface area contributed by atoms with Crippen molar-refractivity contribution in [2.75, 3.05) is 26.2 Å². The lowest BCUT2D eigenvalue weighted by atomic mass is 10.1. The van der Waals surface area contributed by atoms with Crippen LogP contribution in [0.5, 0.6) is 0 Å². The lowest BCUT2D eigenvalue weighted by Gasteiger charge is -2.35. The molecule has 0 radical (unpaired) electrons. The van der Waals surface area contributed by atoms with Gasteiger partial charge in [0.05, 0.1) is 16.3 Å². The largest absolute Gasteiger partial charge is 0.335 e. The van der Waals surface area contributed by atoms with Crippen LogP contribution in [0.15, 0.2) is 58.8 Å². The third-order valence-corrected chi connectivity index (χ3v) is 7.24. The fraction of sp³-hybridized carbons (Fsp3) is 0.292. The zero-order valence-corrected chi connectivity index (χ0v) is 19.3. The number of hydrogen-bond donors (Lipinski definition) is 0. The summed E-state index contributed by atoms with van der Waals surface area (Å²) in [6, 6.07) is 15.4. The molecule has 160 valence electrons. The fourth-order valence-corrected chi connectivity index (χ4v) is 5.21. The molecule has 0 aliphatic carbocycles. The highest BCUT2D eigenvalue weighted by molar-refractivity contribution is 7.98. The van der Waals surface area contributed by atoms with Gasteiger partial charge in [0, 0.05) is 47.8 Å². The molecule has 4 rings (SSSR count). The van der Waals surface area contributed by atoms with Crippen LogP contribution in [-0.2, 0) is 5.75 Å². The van der Waals surface area contributed by atoms with Crippen LogP contribution < -0.4 is 0 Å². The zero-order chi connectivity index (χ0) is 21.8. The molecule has 1 fully saturated rings. The van der Waals surface area contributed by atoms with Crippen LogP contribution in [0.3, 0.4) is 0 Å². The summed E-state index contributed by atoms with van der Waals surface area (Å²) in [6.07, 6.45) is 0. The smallest absolute Gasteiger partial charge is 0.255 e. The Kier molecular flexibility index (Phi) is 6.73. The number of benzene rings is 2. The van der Waals surface area contributed by atoms with E-state index in [4.69, 9.17) is 0 Å². The Morgan fingerprint density at radius 2 is 1.58 bits per heavy atom. The van der Waals surface area contributed by atoms with E-state index in [-0.39, 0.29) is 11.8 Å². The molecule has 7 heteroatoms. The average Bonchev–Trinajstić information content (AvgIpc) is 3.22. The molecular formula is C24H25N3O2S2. The van der Waals surface area contributed by atoms with Crippen LogP contribution >= 0.6 is 23.1 Å². The molecule has 0 unspecified atom stereocenters. The molecule has 2 heterocycles. The predicted molar refractivity (Wildman–Crippen MR) is 126 cm³/mol. The first-order valence-corrected chi connectivity index (χ1v) is 12.2. The fourth-order valence-electron chi connectivity index (χ4n) is 3.56. The highest BCUT2D eigenvalue weighted by atomic mass is 32.2. The molecule has 1 aliphatic rings. The van der Waals surface area contributed by atoms with Crippen LogP contribution in [0.1, 0.15) is 37.0 Å². The molecule has 1 aliphatic heterocycles. The second-order valence-corrected chi connectivity index (χ2v) is 9.67.